The smallest absolute Gasteiger partial charge is 0.0355 e. The predicted molar refractivity (Wildman–Crippen MR) is 69.1 cm³/mol. The van der Waals surface area contributed by atoms with Gasteiger partial charge in [0, 0.05) is 5.71 Å². The molecule has 80 valence electrons. The molecule has 1 N–H and O–H groups in total. The summed E-state index contributed by atoms with van der Waals surface area (Å²) in [6, 6.07) is 16.5. The van der Waals surface area contributed by atoms with Crippen molar-refractivity contribution >= 4 is 5.71 Å². The van der Waals surface area contributed by atoms with E-state index < -0.39 is 0 Å². The SMILES string of the molecule is CC(=N)c1ccc(-c2ccccc2)c(C)c1. The Balaban J connectivity index is 2.48. The van der Waals surface area contributed by atoms with Gasteiger partial charge < -0.3 is 5.41 Å². The number of rotatable bonds is 2. The summed E-state index contributed by atoms with van der Waals surface area (Å²) in [5, 5.41) is 7.61. The molecule has 0 amide bonds. The summed E-state index contributed by atoms with van der Waals surface area (Å²) < 4.78 is 0. The molecule has 0 spiro atoms. The third kappa shape index (κ3) is 2.03. The van der Waals surface area contributed by atoms with Crippen molar-refractivity contribution in [3.63, 3.8) is 0 Å². The van der Waals surface area contributed by atoms with Crippen LogP contribution in [0, 0.1) is 12.3 Å². The topological polar surface area (TPSA) is 23.9 Å². The minimum atomic E-state index is 0.614. The second kappa shape index (κ2) is 4.31. The van der Waals surface area contributed by atoms with Crippen LogP contribution >= 0.6 is 0 Å². The molecule has 0 unspecified atom stereocenters. The van der Waals surface area contributed by atoms with E-state index in [1.54, 1.807) is 0 Å². The summed E-state index contributed by atoms with van der Waals surface area (Å²) in [6.45, 7) is 3.91. The normalized spacial score (nSPS) is 10.1. The van der Waals surface area contributed by atoms with Crippen molar-refractivity contribution in [3.8, 4) is 11.1 Å². The summed E-state index contributed by atoms with van der Waals surface area (Å²) in [5.41, 5.74) is 5.30. The Hall–Kier alpha value is -1.89. The Kier molecular flexibility index (Phi) is 2.86. The van der Waals surface area contributed by atoms with E-state index >= 15 is 0 Å². The largest absolute Gasteiger partial charge is 0.305 e. The minimum Gasteiger partial charge on any atom is -0.305 e. The van der Waals surface area contributed by atoms with E-state index in [1.165, 1.54) is 16.7 Å². The Morgan fingerprint density at radius 2 is 1.69 bits per heavy atom. The Bertz CT molecular complexity index is 512. The van der Waals surface area contributed by atoms with E-state index in [4.69, 9.17) is 5.41 Å². The number of hydrogen-bond acceptors (Lipinski definition) is 1. The summed E-state index contributed by atoms with van der Waals surface area (Å²) in [6.07, 6.45) is 0. The van der Waals surface area contributed by atoms with Crippen molar-refractivity contribution in [2.75, 3.05) is 0 Å². The zero-order valence-corrected chi connectivity index (χ0v) is 9.62. The van der Waals surface area contributed by atoms with Crippen LogP contribution in [0.25, 0.3) is 11.1 Å². The summed E-state index contributed by atoms with van der Waals surface area (Å²) >= 11 is 0. The summed E-state index contributed by atoms with van der Waals surface area (Å²) in [7, 11) is 0. The predicted octanol–water partition coefficient (Wildman–Crippen LogP) is 4.05. The van der Waals surface area contributed by atoms with Gasteiger partial charge in [-0.2, -0.15) is 0 Å². The zero-order valence-electron chi connectivity index (χ0n) is 9.62. The first-order valence-electron chi connectivity index (χ1n) is 5.40. The van der Waals surface area contributed by atoms with E-state index in [9.17, 15) is 0 Å². The van der Waals surface area contributed by atoms with Gasteiger partial charge in [0.15, 0.2) is 0 Å². The molecule has 0 heterocycles. The van der Waals surface area contributed by atoms with Gasteiger partial charge >= 0.3 is 0 Å². The van der Waals surface area contributed by atoms with Crippen molar-refractivity contribution in [1.82, 2.24) is 0 Å². The lowest BCUT2D eigenvalue weighted by Gasteiger charge is -2.08. The van der Waals surface area contributed by atoms with Gasteiger partial charge in [0.1, 0.15) is 0 Å². The molecule has 1 heteroatoms. The van der Waals surface area contributed by atoms with E-state index in [1.807, 2.05) is 31.2 Å². The first-order chi connectivity index (χ1) is 7.68. The zero-order chi connectivity index (χ0) is 11.5. The molecule has 2 rings (SSSR count). The molecule has 2 aromatic rings. The fourth-order valence-corrected chi connectivity index (χ4v) is 1.84. The first-order valence-corrected chi connectivity index (χ1v) is 5.40. The standard InChI is InChI=1S/C15H15N/c1-11-10-14(12(2)16)8-9-15(11)13-6-4-3-5-7-13/h3-10,16H,1-2H3. The van der Waals surface area contributed by atoms with Crippen LogP contribution in [-0.4, -0.2) is 5.71 Å². The fraction of sp³-hybridized carbons (Fsp3) is 0.133. The van der Waals surface area contributed by atoms with E-state index in [-0.39, 0.29) is 0 Å². The van der Waals surface area contributed by atoms with Crippen LogP contribution in [-0.2, 0) is 0 Å². The number of aryl methyl sites for hydroxylation is 1. The molecule has 0 aliphatic rings. The molecule has 0 saturated carbocycles. The van der Waals surface area contributed by atoms with E-state index in [0.717, 1.165) is 5.56 Å². The molecule has 0 aliphatic carbocycles. The van der Waals surface area contributed by atoms with Gasteiger partial charge in [-0.25, -0.2) is 0 Å². The van der Waals surface area contributed by atoms with E-state index in [2.05, 4.69) is 31.2 Å². The number of hydrogen-bond donors (Lipinski definition) is 1. The van der Waals surface area contributed by atoms with Crippen molar-refractivity contribution < 1.29 is 0 Å². The highest BCUT2D eigenvalue weighted by Gasteiger charge is 2.03. The highest BCUT2D eigenvalue weighted by Crippen LogP contribution is 2.23. The third-order valence-electron chi connectivity index (χ3n) is 2.74. The Labute approximate surface area is 96.3 Å². The second-order valence-electron chi connectivity index (χ2n) is 4.02. The Morgan fingerprint density at radius 1 is 1.00 bits per heavy atom. The molecule has 0 aromatic heterocycles. The van der Waals surface area contributed by atoms with Crippen molar-refractivity contribution in [3.05, 3.63) is 59.7 Å². The molecule has 0 aliphatic heterocycles. The highest BCUT2D eigenvalue weighted by molar-refractivity contribution is 5.97. The quantitative estimate of drug-likeness (QED) is 0.721. The molecule has 0 saturated heterocycles. The van der Waals surface area contributed by atoms with Crippen molar-refractivity contribution in [1.29, 1.82) is 5.41 Å². The van der Waals surface area contributed by atoms with Crippen LogP contribution in [0.5, 0.6) is 0 Å². The first kappa shape index (κ1) is 10.6. The van der Waals surface area contributed by atoms with Crippen LogP contribution in [0.1, 0.15) is 18.1 Å². The van der Waals surface area contributed by atoms with Crippen LogP contribution in [0.15, 0.2) is 48.5 Å². The van der Waals surface area contributed by atoms with Crippen LogP contribution in [0.3, 0.4) is 0 Å². The van der Waals surface area contributed by atoms with Crippen LogP contribution in [0.4, 0.5) is 0 Å². The molecule has 1 nitrogen and oxygen atoms in total. The molecule has 0 atom stereocenters. The summed E-state index contributed by atoms with van der Waals surface area (Å²) in [5.74, 6) is 0. The lowest BCUT2D eigenvalue weighted by Crippen LogP contribution is -1.93. The minimum absolute atomic E-state index is 0.614. The fourth-order valence-electron chi connectivity index (χ4n) is 1.84. The lowest BCUT2D eigenvalue weighted by atomic mass is 9.97. The molecular formula is C15H15N. The van der Waals surface area contributed by atoms with Crippen molar-refractivity contribution in [2.24, 2.45) is 0 Å². The second-order valence-corrected chi connectivity index (χ2v) is 4.02. The van der Waals surface area contributed by atoms with Gasteiger partial charge in [-0.15, -0.1) is 0 Å². The molecule has 2 aromatic carbocycles. The maximum Gasteiger partial charge on any atom is 0.0355 e. The van der Waals surface area contributed by atoms with E-state index in [0.29, 0.717) is 5.71 Å². The van der Waals surface area contributed by atoms with Crippen LogP contribution < -0.4 is 0 Å². The van der Waals surface area contributed by atoms with Crippen LogP contribution in [0.2, 0.25) is 0 Å². The third-order valence-corrected chi connectivity index (χ3v) is 2.74. The molecule has 0 fully saturated rings. The van der Waals surface area contributed by atoms with Gasteiger partial charge in [0.05, 0.1) is 0 Å². The number of nitrogens with one attached hydrogen (secondary N) is 1. The lowest BCUT2D eigenvalue weighted by molar-refractivity contribution is 1.40. The summed E-state index contributed by atoms with van der Waals surface area (Å²) in [4.78, 5) is 0. The average molecular weight is 209 g/mol. The maximum atomic E-state index is 7.61. The molecule has 0 radical (unpaired) electrons. The average Bonchev–Trinajstić information content (AvgIpc) is 2.30. The van der Waals surface area contributed by atoms with Crippen molar-refractivity contribution in [2.45, 2.75) is 13.8 Å². The van der Waals surface area contributed by atoms with Gasteiger partial charge in [-0.05, 0) is 42.2 Å². The van der Waals surface area contributed by atoms with Gasteiger partial charge in [0.25, 0.3) is 0 Å². The Morgan fingerprint density at radius 3 is 2.25 bits per heavy atom. The van der Waals surface area contributed by atoms with Gasteiger partial charge in [-0.3, -0.25) is 0 Å². The maximum absolute atomic E-state index is 7.61. The molecule has 16 heavy (non-hydrogen) atoms. The molecule has 0 bridgehead atoms. The van der Waals surface area contributed by atoms with Gasteiger partial charge in [0.2, 0.25) is 0 Å². The molecular weight excluding hydrogens is 194 g/mol. The monoisotopic (exact) mass is 209 g/mol. The highest BCUT2D eigenvalue weighted by atomic mass is 14.4. The van der Waals surface area contributed by atoms with Gasteiger partial charge in [-0.1, -0.05) is 42.5 Å². The number of benzene rings is 2.